The van der Waals surface area contributed by atoms with Crippen LogP contribution in [-0.4, -0.2) is 37.9 Å². The third kappa shape index (κ3) is 8.77. The van der Waals surface area contributed by atoms with Crippen LogP contribution in [0.3, 0.4) is 0 Å². The van der Waals surface area contributed by atoms with Crippen molar-refractivity contribution in [3.63, 3.8) is 0 Å². The summed E-state index contributed by atoms with van der Waals surface area (Å²) in [6.45, 7) is 14.0. The molecule has 0 fully saturated rings. The van der Waals surface area contributed by atoms with E-state index in [0.29, 0.717) is 6.54 Å². The molecule has 0 aliphatic rings. The Morgan fingerprint density at radius 1 is 1.12 bits per heavy atom. The molecule has 0 aliphatic carbocycles. The Hall–Kier alpha value is -1.75. The molecule has 0 bridgehead atoms. The summed E-state index contributed by atoms with van der Waals surface area (Å²) in [6.07, 6.45) is 0.960. The summed E-state index contributed by atoms with van der Waals surface area (Å²) in [5.74, 6) is 1.71. The Morgan fingerprint density at radius 2 is 1.88 bits per heavy atom. The molecule has 0 radical (unpaired) electrons. The molecule has 2 N–H and O–H groups in total. The van der Waals surface area contributed by atoms with Crippen molar-refractivity contribution in [2.75, 3.05) is 26.3 Å². The highest BCUT2D eigenvalue weighted by Gasteiger charge is 2.14. The van der Waals surface area contributed by atoms with E-state index in [1.807, 2.05) is 25.1 Å². The second-order valence-electron chi connectivity index (χ2n) is 6.49. The lowest BCUT2D eigenvalue weighted by molar-refractivity contribution is 0.129. The molecule has 1 aromatic carbocycles. The number of benzene rings is 1. The Morgan fingerprint density at radius 3 is 2.54 bits per heavy atom. The first-order valence-corrected chi connectivity index (χ1v) is 8.83. The summed E-state index contributed by atoms with van der Waals surface area (Å²) >= 11 is 0. The number of nitrogens with zero attached hydrogens (tertiary/aromatic N) is 1. The molecule has 5 nitrogen and oxygen atoms in total. The summed E-state index contributed by atoms with van der Waals surface area (Å²) < 4.78 is 11.4. The number of nitrogens with one attached hydrogen (secondary N) is 2. The molecular formula is C19H33N3O2. The van der Waals surface area contributed by atoms with Crippen LogP contribution >= 0.6 is 0 Å². The molecule has 0 aliphatic heterocycles. The SMILES string of the molecule is CCNC(=NCc1ccccc1OC(C)(C)C)NCCCOCC. The summed E-state index contributed by atoms with van der Waals surface area (Å²) in [7, 11) is 0. The topological polar surface area (TPSA) is 54.9 Å². The number of guanidine groups is 1. The molecule has 0 atom stereocenters. The van der Waals surface area contributed by atoms with Gasteiger partial charge in [-0.15, -0.1) is 0 Å². The van der Waals surface area contributed by atoms with Gasteiger partial charge in [-0.25, -0.2) is 4.99 Å². The van der Waals surface area contributed by atoms with Crippen LogP contribution in [0, 0.1) is 0 Å². The molecule has 0 aromatic heterocycles. The smallest absolute Gasteiger partial charge is 0.191 e. The average molecular weight is 335 g/mol. The molecular weight excluding hydrogens is 302 g/mol. The molecule has 0 saturated carbocycles. The number of aliphatic imine (C=N–C) groups is 1. The number of rotatable bonds is 9. The molecule has 136 valence electrons. The lowest BCUT2D eigenvalue weighted by atomic mass is 10.1. The van der Waals surface area contributed by atoms with E-state index in [4.69, 9.17) is 9.47 Å². The van der Waals surface area contributed by atoms with Gasteiger partial charge in [0.05, 0.1) is 6.54 Å². The van der Waals surface area contributed by atoms with Crippen molar-refractivity contribution in [3.05, 3.63) is 29.8 Å². The molecule has 0 heterocycles. The van der Waals surface area contributed by atoms with Gasteiger partial charge in [-0.3, -0.25) is 0 Å². The standard InChI is InChI=1S/C19H33N3O2/c1-6-20-18(21-13-10-14-23-7-2)22-15-16-11-8-9-12-17(16)24-19(3,4)5/h8-9,11-12H,6-7,10,13-15H2,1-5H3,(H2,20,21,22). The second-order valence-corrected chi connectivity index (χ2v) is 6.49. The van der Waals surface area contributed by atoms with Gasteiger partial charge in [0.1, 0.15) is 11.4 Å². The Balaban J connectivity index is 2.65. The zero-order chi connectivity index (χ0) is 17.8. The average Bonchev–Trinajstić information content (AvgIpc) is 2.52. The monoisotopic (exact) mass is 335 g/mol. The van der Waals surface area contributed by atoms with Crippen LogP contribution < -0.4 is 15.4 Å². The first-order chi connectivity index (χ1) is 11.5. The second kappa shape index (κ2) is 10.9. The zero-order valence-corrected chi connectivity index (χ0v) is 15.8. The van der Waals surface area contributed by atoms with Gasteiger partial charge < -0.3 is 20.1 Å². The van der Waals surface area contributed by atoms with Crippen molar-refractivity contribution in [2.45, 2.75) is 53.2 Å². The largest absolute Gasteiger partial charge is 0.488 e. The van der Waals surface area contributed by atoms with E-state index in [-0.39, 0.29) is 5.60 Å². The third-order valence-corrected chi connectivity index (χ3v) is 3.10. The number of hydrogen-bond donors (Lipinski definition) is 2. The molecule has 24 heavy (non-hydrogen) atoms. The van der Waals surface area contributed by atoms with Crippen molar-refractivity contribution in [2.24, 2.45) is 4.99 Å². The van der Waals surface area contributed by atoms with Gasteiger partial charge in [0.15, 0.2) is 5.96 Å². The maximum atomic E-state index is 6.02. The van der Waals surface area contributed by atoms with E-state index < -0.39 is 0 Å². The quantitative estimate of drug-likeness (QED) is 0.413. The van der Waals surface area contributed by atoms with Crippen molar-refractivity contribution < 1.29 is 9.47 Å². The fourth-order valence-corrected chi connectivity index (χ4v) is 2.10. The Bertz CT molecular complexity index is 496. The van der Waals surface area contributed by atoms with Crippen molar-refractivity contribution in [3.8, 4) is 5.75 Å². The van der Waals surface area contributed by atoms with Crippen LogP contribution in [0.1, 0.15) is 46.6 Å². The Labute approximate surface area is 146 Å². The van der Waals surface area contributed by atoms with Crippen LogP contribution in [0.25, 0.3) is 0 Å². The first-order valence-electron chi connectivity index (χ1n) is 8.83. The van der Waals surface area contributed by atoms with Gasteiger partial charge in [-0.05, 0) is 47.1 Å². The molecule has 1 aromatic rings. The normalized spacial score (nSPS) is 12.1. The molecule has 5 heteroatoms. The fourth-order valence-electron chi connectivity index (χ4n) is 2.10. The van der Waals surface area contributed by atoms with Gasteiger partial charge >= 0.3 is 0 Å². The van der Waals surface area contributed by atoms with E-state index >= 15 is 0 Å². The van der Waals surface area contributed by atoms with Gasteiger partial charge in [-0.2, -0.15) is 0 Å². The first kappa shape index (κ1) is 20.3. The minimum Gasteiger partial charge on any atom is -0.488 e. The lowest BCUT2D eigenvalue weighted by Crippen LogP contribution is -2.38. The minimum atomic E-state index is -0.220. The van der Waals surface area contributed by atoms with Crippen molar-refractivity contribution in [1.29, 1.82) is 0 Å². The molecule has 0 amide bonds. The zero-order valence-electron chi connectivity index (χ0n) is 15.8. The van der Waals surface area contributed by atoms with Gasteiger partial charge in [0.25, 0.3) is 0 Å². The van der Waals surface area contributed by atoms with Crippen LogP contribution in [0.5, 0.6) is 5.75 Å². The van der Waals surface area contributed by atoms with E-state index in [1.165, 1.54) is 0 Å². The van der Waals surface area contributed by atoms with E-state index in [1.54, 1.807) is 0 Å². The van der Waals surface area contributed by atoms with E-state index in [2.05, 4.69) is 49.4 Å². The van der Waals surface area contributed by atoms with Gasteiger partial charge in [0, 0.05) is 31.9 Å². The molecule has 0 unspecified atom stereocenters. The highest BCUT2D eigenvalue weighted by Crippen LogP contribution is 2.23. The van der Waals surface area contributed by atoms with Crippen molar-refractivity contribution >= 4 is 5.96 Å². The Kier molecular flexibility index (Phi) is 9.23. The minimum absolute atomic E-state index is 0.220. The summed E-state index contributed by atoms with van der Waals surface area (Å²) in [5.41, 5.74) is 0.862. The molecule has 1 rings (SSSR count). The summed E-state index contributed by atoms with van der Waals surface area (Å²) in [6, 6.07) is 8.07. The van der Waals surface area contributed by atoms with Gasteiger partial charge in [0.2, 0.25) is 0 Å². The van der Waals surface area contributed by atoms with Crippen LogP contribution in [0.2, 0.25) is 0 Å². The highest BCUT2D eigenvalue weighted by atomic mass is 16.5. The van der Waals surface area contributed by atoms with E-state index in [0.717, 1.165) is 50.0 Å². The maximum absolute atomic E-state index is 6.02. The predicted molar refractivity (Wildman–Crippen MR) is 101 cm³/mol. The molecule has 0 spiro atoms. The van der Waals surface area contributed by atoms with Crippen LogP contribution in [0.15, 0.2) is 29.3 Å². The fraction of sp³-hybridized carbons (Fsp3) is 0.632. The van der Waals surface area contributed by atoms with Crippen molar-refractivity contribution in [1.82, 2.24) is 10.6 Å². The third-order valence-electron chi connectivity index (χ3n) is 3.10. The van der Waals surface area contributed by atoms with Crippen LogP contribution in [0.4, 0.5) is 0 Å². The summed E-state index contributed by atoms with van der Waals surface area (Å²) in [5, 5.41) is 6.60. The highest BCUT2D eigenvalue weighted by molar-refractivity contribution is 5.79. The summed E-state index contributed by atoms with van der Waals surface area (Å²) in [4.78, 5) is 4.67. The van der Waals surface area contributed by atoms with Crippen LogP contribution in [-0.2, 0) is 11.3 Å². The lowest BCUT2D eigenvalue weighted by Gasteiger charge is -2.23. The van der Waals surface area contributed by atoms with Gasteiger partial charge in [-0.1, -0.05) is 18.2 Å². The number of hydrogen-bond acceptors (Lipinski definition) is 3. The van der Waals surface area contributed by atoms with E-state index in [9.17, 15) is 0 Å². The predicted octanol–water partition coefficient (Wildman–Crippen LogP) is 3.35. The maximum Gasteiger partial charge on any atom is 0.191 e. The number of para-hydroxylation sites is 1. The number of ether oxygens (including phenoxy) is 2. The molecule has 0 saturated heterocycles.